The molecule has 2 aliphatic heterocycles. The maximum Gasteiger partial charge on any atom is 0.509 e. The van der Waals surface area contributed by atoms with Crippen LogP contribution in [0.4, 0.5) is 4.79 Å². The lowest BCUT2D eigenvalue weighted by Crippen LogP contribution is -2.44. The van der Waals surface area contributed by atoms with Gasteiger partial charge in [-0.15, -0.1) is 0 Å². The smallest absolute Gasteiger partial charge is 0.428 e. The number of ether oxygens (including phenoxy) is 3. The fourth-order valence-corrected chi connectivity index (χ4v) is 5.97. The average molecular weight is 591 g/mol. The number of piperidine rings is 1. The maximum atomic E-state index is 13.3. The second kappa shape index (κ2) is 14.6. The summed E-state index contributed by atoms with van der Waals surface area (Å²) in [5.74, 6) is 0. The molecule has 2 saturated heterocycles. The van der Waals surface area contributed by atoms with Crippen LogP contribution in [0.3, 0.4) is 0 Å². The number of aryl methyl sites for hydroxylation is 1. The molecule has 3 unspecified atom stereocenters. The van der Waals surface area contributed by atoms with Crippen LogP contribution < -0.4 is 16.6 Å². The number of aromatic nitrogens is 2. The molecule has 0 saturated carbocycles. The number of rotatable bonds is 11. The van der Waals surface area contributed by atoms with Gasteiger partial charge in [-0.2, -0.15) is 0 Å². The van der Waals surface area contributed by atoms with Crippen molar-refractivity contribution in [2.75, 3.05) is 19.6 Å². The number of hydrogen-bond acceptors (Lipinski definition) is 8. The van der Waals surface area contributed by atoms with Crippen LogP contribution in [0, 0.1) is 6.92 Å². The van der Waals surface area contributed by atoms with Crippen molar-refractivity contribution >= 4 is 6.16 Å². The van der Waals surface area contributed by atoms with Gasteiger partial charge in [-0.25, -0.2) is 9.59 Å². The first-order valence-corrected chi connectivity index (χ1v) is 15.3. The molecule has 2 fully saturated rings. The minimum atomic E-state index is -0.776. The Kier molecular flexibility index (Phi) is 10.5. The molecule has 0 aliphatic carbocycles. The Hall–Kier alpha value is -3.73. The summed E-state index contributed by atoms with van der Waals surface area (Å²) in [7, 11) is 0. The Bertz CT molecular complexity index is 1440. The molecule has 3 aromatic rings. The first-order chi connectivity index (χ1) is 20.9. The van der Waals surface area contributed by atoms with Gasteiger partial charge in [0.25, 0.3) is 5.56 Å². The summed E-state index contributed by atoms with van der Waals surface area (Å²) in [6.45, 7) is 6.64. The van der Waals surface area contributed by atoms with Crippen LogP contribution in [0.5, 0.6) is 0 Å². The number of carbonyl (C=O) groups is 1. The molecule has 0 amide bonds. The van der Waals surface area contributed by atoms with Gasteiger partial charge in [0, 0.05) is 43.9 Å². The Morgan fingerprint density at radius 2 is 1.84 bits per heavy atom. The highest BCUT2D eigenvalue weighted by Crippen LogP contribution is 2.32. The van der Waals surface area contributed by atoms with Gasteiger partial charge in [0.15, 0.2) is 0 Å². The molecule has 0 bridgehead atoms. The average Bonchev–Trinajstić information content (AvgIpc) is 3.42. The highest BCUT2D eigenvalue weighted by Gasteiger charge is 2.39. The van der Waals surface area contributed by atoms with Crippen molar-refractivity contribution in [1.29, 1.82) is 0 Å². The standard InChI is InChI=1S/C33H42N4O6/c1-3-27-28(18-30(41-27)37-19-23(2)31(38)35-32(37)39)42-33(40)43-29(25-14-8-5-9-15-25)22-36(20-24-12-6-4-7-13-24)21-26-16-10-11-17-34-26/h4-9,12-15,19,26-30,34H,3,10-11,16-18,20-22H2,1-2H3,(H,35,38,39)/t26?,27-,28?,29?,30-/m1/s1. The van der Waals surface area contributed by atoms with Crippen LogP contribution in [-0.4, -0.2) is 58.5 Å². The third-order valence-corrected chi connectivity index (χ3v) is 8.26. The van der Waals surface area contributed by atoms with Gasteiger partial charge < -0.3 is 19.5 Å². The fraction of sp³-hybridized carbons (Fsp3) is 0.485. The van der Waals surface area contributed by atoms with Crippen LogP contribution in [-0.2, 0) is 20.8 Å². The van der Waals surface area contributed by atoms with Crippen molar-refractivity contribution in [3.05, 3.63) is 104 Å². The summed E-state index contributed by atoms with van der Waals surface area (Å²) < 4.78 is 19.3. The zero-order chi connectivity index (χ0) is 30.2. The Morgan fingerprint density at radius 3 is 2.53 bits per heavy atom. The summed E-state index contributed by atoms with van der Waals surface area (Å²) in [6, 6.07) is 20.4. The van der Waals surface area contributed by atoms with E-state index in [0.717, 1.165) is 31.6 Å². The quantitative estimate of drug-likeness (QED) is 0.315. The summed E-state index contributed by atoms with van der Waals surface area (Å²) in [5.41, 5.74) is 1.48. The predicted octanol–water partition coefficient (Wildman–Crippen LogP) is 4.45. The molecule has 2 N–H and O–H groups in total. The van der Waals surface area contributed by atoms with E-state index in [1.54, 1.807) is 6.92 Å². The van der Waals surface area contributed by atoms with E-state index < -0.39 is 41.9 Å². The lowest BCUT2D eigenvalue weighted by atomic mass is 10.0. The first kappa shape index (κ1) is 30.7. The number of benzene rings is 2. The Balaban J connectivity index is 1.30. The van der Waals surface area contributed by atoms with Gasteiger partial charge in [0.2, 0.25) is 0 Å². The van der Waals surface area contributed by atoms with Crippen LogP contribution in [0.2, 0.25) is 0 Å². The topological polar surface area (TPSA) is 115 Å². The number of carbonyl (C=O) groups excluding carboxylic acids is 1. The van der Waals surface area contributed by atoms with Crippen LogP contribution >= 0.6 is 0 Å². The Morgan fingerprint density at radius 1 is 1.09 bits per heavy atom. The van der Waals surface area contributed by atoms with Crippen LogP contribution in [0.15, 0.2) is 76.4 Å². The lowest BCUT2D eigenvalue weighted by molar-refractivity contribution is -0.0482. The minimum Gasteiger partial charge on any atom is -0.428 e. The lowest BCUT2D eigenvalue weighted by Gasteiger charge is -2.33. The van der Waals surface area contributed by atoms with E-state index in [9.17, 15) is 14.4 Å². The van der Waals surface area contributed by atoms with Gasteiger partial charge in [-0.3, -0.25) is 19.2 Å². The fourth-order valence-electron chi connectivity index (χ4n) is 5.97. The summed E-state index contributed by atoms with van der Waals surface area (Å²) in [6.07, 6.45) is 2.81. The highest BCUT2D eigenvalue weighted by atomic mass is 16.7. The van der Waals surface area contributed by atoms with Gasteiger partial charge in [0.05, 0.1) is 6.10 Å². The number of aromatic amines is 1. The molecule has 10 heteroatoms. The van der Waals surface area contributed by atoms with Crippen molar-refractivity contribution < 1.29 is 19.0 Å². The zero-order valence-electron chi connectivity index (χ0n) is 24.9. The summed E-state index contributed by atoms with van der Waals surface area (Å²) in [5, 5.41) is 3.64. The Labute approximate surface area is 252 Å². The molecule has 0 radical (unpaired) electrons. The highest BCUT2D eigenvalue weighted by molar-refractivity contribution is 5.61. The van der Waals surface area contributed by atoms with Crippen molar-refractivity contribution in [2.24, 2.45) is 0 Å². The van der Waals surface area contributed by atoms with Crippen molar-refractivity contribution in [1.82, 2.24) is 19.8 Å². The van der Waals surface area contributed by atoms with E-state index in [-0.39, 0.29) is 6.42 Å². The van der Waals surface area contributed by atoms with Crippen molar-refractivity contribution in [3.8, 4) is 0 Å². The molecular formula is C33H42N4O6. The van der Waals surface area contributed by atoms with E-state index >= 15 is 0 Å². The monoisotopic (exact) mass is 590 g/mol. The molecule has 3 heterocycles. The SMILES string of the molecule is CC[C@H]1O[C@@H](n2cc(C)c(=O)[nH]c2=O)CC1OC(=O)OC(CN(Cc1ccccc1)CC1CCCCN1)c1ccccc1. The van der Waals surface area contributed by atoms with Crippen LogP contribution in [0.25, 0.3) is 0 Å². The van der Waals surface area contributed by atoms with Crippen molar-refractivity contribution in [3.63, 3.8) is 0 Å². The van der Waals surface area contributed by atoms with E-state index in [2.05, 4.69) is 27.3 Å². The molecule has 0 spiro atoms. The van der Waals surface area contributed by atoms with Gasteiger partial charge in [-0.05, 0) is 43.9 Å². The maximum absolute atomic E-state index is 13.3. The summed E-state index contributed by atoms with van der Waals surface area (Å²) >= 11 is 0. The normalized spacial score (nSPS) is 22.8. The number of nitrogens with one attached hydrogen (secondary N) is 2. The molecule has 43 heavy (non-hydrogen) atoms. The zero-order valence-corrected chi connectivity index (χ0v) is 24.9. The minimum absolute atomic E-state index is 0.266. The molecule has 2 aromatic carbocycles. The van der Waals surface area contributed by atoms with Crippen LogP contribution in [0.1, 0.15) is 68.1 Å². The molecule has 5 atom stereocenters. The number of nitrogens with zero attached hydrogens (tertiary/aromatic N) is 2. The van der Waals surface area contributed by atoms with Gasteiger partial charge in [-0.1, -0.05) is 74.0 Å². The van der Waals surface area contributed by atoms with Crippen molar-refractivity contribution in [2.45, 2.75) is 83.1 Å². The molecule has 230 valence electrons. The van der Waals surface area contributed by atoms with Gasteiger partial charge in [0.1, 0.15) is 18.4 Å². The first-order valence-electron chi connectivity index (χ1n) is 15.3. The summed E-state index contributed by atoms with van der Waals surface area (Å²) in [4.78, 5) is 42.3. The molecule has 1 aromatic heterocycles. The molecule has 5 rings (SSSR count). The van der Waals surface area contributed by atoms with Gasteiger partial charge >= 0.3 is 11.8 Å². The van der Waals surface area contributed by atoms with E-state index in [1.807, 2.05) is 55.5 Å². The number of hydrogen-bond donors (Lipinski definition) is 2. The molecular weight excluding hydrogens is 548 g/mol. The largest absolute Gasteiger partial charge is 0.509 e. The van der Waals surface area contributed by atoms with E-state index in [1.165, 1.54) is 29.2 Å². The third-order valence-electron chi connectivity index (χ3n) is 8.26. The molecule has 10 nitrogen and oxygen atoms in total. The van der Waals surface area contributed by atoms with E-state index in [0.29, 0.717) is 24.6 Å². The molecule has 2 aliphatic rings. The second-order valence-electron chi connectivity index (χ2n) is 11.5. The van der Waals surface area contributed by atoms with E-state index in [4.69, 9.17) is 14.2 Å². The number of H-pyrrole nitrogens is 1. The predicted molar refractivity (Wildman–Crippen MR) is 163 cm³/mol. The third kappa shape index (κ3) is 8.22. The second-order valence-corrected chi connectivity index (χ2v) is 11.5.